The Kier molecular flexibility index (Phi) is 5.80. The van der Waals surface area contributed by atoms with Gasteiger partial charge in [-0.2, -0.15) is 5.26 Å². The highest BCUT2D eigenvalue weighted by Gasteiger charge is 2.41. The Morgan fingerprint density at radius 1 is 1.12 bits per heavy atom. The molecule has 1 atom stereocenters. The van der Waals surface area contributed by atoms with Crippen molar-refractivity contribution in [2.75, 3.05) is 7.11 Å². The summed E-state index contributed by atoms with van der Waals surface area (Å²) in [5.74, 6) is 0.887. The van der Waals surface area contributed by atoms with E-state index in [2.05, 4.69) is 25.2 Å². The SMILES string of the molecule is COc1ccc(C2C(C#N)=C(C)NC3=C2C(=O)CC(C)(C)C3)cc1OCc1ccccc1. The van der Waals surface area contributed by atoms with E-state index in [1.54, 1.807) is 7.11 Å². The Hall–Kier alpha value is -3.52. The number of ketones is 1. The molecule has 0 radical (unpaired) electrons. The van der Waals surface area contributed by atoms with Crippen molar-refractivity contribution in [2.45, 2.75) is 46.1 Å². The van der Waals surface area contributed by atoms with E-state index in [9.17, 15) is 10.1 Å². The zero-order valence-electron chi connectivity index (χ0n) is 19.0. The van der Waals surface area contributed by atoms with Crippen molar-refractivity contribution in [2.24, 2.45) is 5.41 Å². The van der Waals surface area contributed by atoms with E-state index < -0.39 is 5.92 Å². The van der Waals surface area contributed by atoms with Crippen molar-refractivity contribution in [1.82, 2.24) is 5.32 Å². The molecular formula is C27H28N2O3. The molecule has 0 aromatic heterocycles. The van der Waals surface area contributed by atoms with Crippen molar-refractivity contribution in [3.05, 3.63) is 82.2 Å². The molecule has 4 rings (SSSR count). The molecule has 0 spiro atoms. The molecule has 2 aromatic rings. The van der Waals surface area contributed by atoms with Crippen LogP contribution in [0, 0.1) is 16.7 Å². The van der Waals surface area contributed by atoms with Crippen molar-refractivity contribution < 1.29 is 14.3 Å². The maximum atomic E-state index is 13.2. The van der Waals surface area contributed by atoms with Gasteiger partial charge in [-0.25, -0.2) is 0 Å². The smallest absolute Gasteiger partial charge is 0.162 e. The molecule has 2 aliphatic rings. The first-order valence-electron chi connectivity index (χ1n) is 10.8. The van der Waals surface area contributed by atoms with Crippen molar-refractivity contribution in [3.8, 4) is 17.6 Å². The van der Waals surface area contributed by atoms with E-state index in [0.29, 0.717) is 35.7 Å². The Balaban J connectivity index is 1.76. The summed E-state index contributed by atoms with van der Waals surface area (Å²) in [6, 6.07) is 17.9. The van der Waals surface area contributed by atoms with Crippen molar-refractivity contribution >= 4 is 5.78 Å². The highest BCUT2D eigenvalue weighted by Crippen LogP contribution is 2.47. The van der Waals surface area contributed by atoms with Crippen LogP contribution in [-0.2, 0) is 11.4 Å². The molecule has 0 saturated carbocycles. The molecule has 1 aliphatic carbocycles. The van der Waals surface area contributed by atoms with Gasteiger partial charge in [0.25, 0.3) is 0 Å². The van der Waals surface area contributed by atoms with Crippen LogP contribution in [0.3, 0.4) is 0 Å². The van der Waals surface area contributed by atoms with E-state index in [0.717, 1.165) is 28.9 Å². The fraction of sp³-hybridized carbons (Fsp3) is 0.333. The van der Waals surface area contributed by atoms with Gasteiger partial charge in [0.15, 0.2) is 17.3 Å². The molecule has 2 aromatic carbocycles. The second-order valence-electron chi connectivity index (χ2n) is 9.23. The number of allylic oxidation sites excluding steroid dienone is 4. The van der Waals surface area contributed by atoms with Crippen LogP contribution in [0.4, 0.5) is 0 Å². The summed E-state index contributed by atoms with van der Waals surface area (Å²) in [7, 11) is 1.60. The highest BCUT2D eigenvalue weighted by atomic mass is 16.5. The normalized spacial score (nSPS) is 19.7. The standard InChI is InChI=1S/C27H28N2O3/c1-17-20(15-28)25(26-21(29-17)13-27(2,3)14-22(26)30)19-10-11-23(31-4)24(12-19)32-16-18-8-6-5-7-9-18/h5-12,25,29H,13-14,16H2,1-4H3. The van der Waals surface area contributed by atoms with Crippen LogP contribution in [0.1, 0.15) is 50.7 Å². The molecule has 0 saturated heterocycles. The van der Waals surface area contributed by atoms with Gasteiger partial charge in [0.05, 0.1) is 24.7 Å². The van der Waals surface area contributed by atoms with Gasteiger partial charge < -0.3 is 14.8 Å². The van der Waals surface area contributed by atoms with Crippen LogP contribution in [0.25, 0.3) is 0 Å². The second kappa shape index (κ2) is 8.55. The van der Waals surface area contributed by atoms with E-state index in [-0.39, 0.29) is 11.2 Å². The molecule has 1 N–H and O–H groups in total. The van der Waals surface area contributed by atoms with E-state index in [1.165, 1.54) is 0 Å². The average Bonchev–Trinajstić information content (AvgIpc) is 2.76. The Morgan fingerprint density at radius 2 is 1.88 bits per heavy atom. The summed E-state index contributed by atoms with van der Waals surface area (Å²) < 4.78 is 11.6. The van der Waals surface area contributed by atoms with Crippen LogP contribution >= 0.6 is 0 Å². The van der Waals surface area contributed by atoms with Crippen LogP contribution in [0.15, 0.2) is 71.1 Å². The maximum Gasteiger partial charge on any atom is 0.162 e. The van der Waals surface area contributed by atoms with E-state index in [1.807, 2.05) is 55.5 Å². The first kappa shape index (κ1) is 21.7. The number of rotatable bonds is 5. The quantitative estimate of drug-likeness (QED) is 0.690. The number of nitriles is 1. The number of methoxy groups -OCH3 is 1. The Bertz CT molecular complexity index is 1150. The number of hydrogen-bond donors (Lipinski definition) is 1. The third-order valence-corrected chi connectivity index (χ3v) is 6.12. The summed E-state index contributed by atoms with van der Waals surface area (Å²) in [6.45, 7) is 6.51. The molecule has 5 nitrogen and oxygen atoms in total. The molecule has 1 unspecified atom stereocenters. The fourth-order valence-corrected chi connectivity index (χ4v) is 4.64. The maximum absolute atomic E-state index is 13.2. The summed E-state index contributed by atoms with van der Waals surface area (Å²) >= 11 is 0. The number of carbonyl (C=O) groups excluding carboxylic acids is 1. The molecule has 5 heteroatoms. The van der Waals surface area contributed by atoms with Crippen molar-refractivity contribution in [1.29, 1.82) is 5.26 Å². The zero-order chi connectivity index (χ0) is 22.9. The van der Waals surface area contributed by atoms with Gasteiger partial charge in [-0.1, -0.05) is 50.2 Å². The molecular weight excluding hydrogens is 400 g/mol. The zero-order valence-corrected chi connectivity index (χ0v) is 19.0. The monoisotopic (exact) mass is 428 g/mol. The van der Waals surface area contributed by atoms with Gasteiger partial charge in [0, 0.05) is 23.4 Å². The number of nitrogens with zero attached hydrogens (tertiary/aromatic N) is 1. The molecule has 164 valence electrons. The predicted octanol–water partition coefficient (Wildman–Crippen LogP) is 5.40. The third kappa shape index (κ3) is 4.13. The summed E-state index contributed by atoms with van der Waals surface area (Å²) in [5, 5.41) is 13.3. The van der Waals surface area contributed by atoms with Gasteiger partial charge in [0.1, 0.15) is 6.61 Å². The lowest BCUT2D eigenvalue weighted by atomic mass is 9.69. The van der Waals surface area contributed by atoms with Crippen LogP contribution in [0.5, 0.6) is 11.5 Å². The van der Waals surface area contributed by atoms with Gasteiger partial charge in [-0.05, 0) is 42.0 Å². The summed E-state index contributed by atoms with van der Waals surface area (Å²) in [5.41, 5.74) is 4.78. The van der Waals surface area contributed by atoms with Crippen LogP contribution in [-0.4, -0.2) is 12.9 Å². The number of nitrogens with one attached hydrogen (secondary N) is 1. The Morgan fingerprint density at radius 3 is 2.56 bits per heavy atom. The molecule has 32 heavy (non-hydrogen) atoms. The van der Waals surface area contributed by atoms with Gasteiger partial charge in [0.2, 0.25) is 0 Å². The Labute approximate surface area is 189 Å². The first-order chi connectivity index (χ1) is 15.3. The van der Waals surface area contributed by atoms with Gasteiger partial charge in [-0.15, -0.1) is 0 Å². The number of dihydropyridines is 1. The van der Waals surface area contributed by atoms with Crippen molar-refractivity contribution in [3.63, 3.8) is 0 Å². The minimum Gasteiger partial charge on any atom is -0.493 e. The lowest BCUT2D eigenvalue weighted by Gasteiger charge is -2.38. The molecule has 1 heterocycles. The van der Waals surface area contributed by atoms with Gasteiger partial charge in [-0.3, -0.25) is 4.79 Å². The molecule has 0 bridgehead atoms. The summed E-state index contributed by atoms with van der Waals surface area (Å²) in [6.07, 6.45) is 1.24. The molecule has 0 fully saturated rings. The van der Waals surface area contributed by atoms with Gasteiger partial charge >= 0.3 is 0 Å². The predicted molar refractivity (Wildman–Crippen MR) is 123 cm³/mol. The third-order valence-electron chi connectivity index (χ3n) is 6.12. The lowest BCUT2D eigenvalue weighted by molar-refractivity contribution is -0.118. The number of hydrogen-bond acceptors (Lipinski definition) is 5. The topological polar surface area (TPSA) is 71.3 Å². The lowest BCUT2D eigenvalue weighted by Crippen LogP contribution is -2.36. The van der Waals surface area contributed by atoms with E-state index in [4.69, 9.17) is 9.47 Å². The number of benzene rings is 2. The average molecular weight is 429 g/mol. The van der Waals surface area contributed by atoms with Crippen LogP contribution < -0.4 is 14.8 Å². The minimum absolute atomic E-state index is 0.0940. The number of carbonyl (C=O) groups is 1. The molecule has 0 amide bonds. The minimum atomic E-state index is -0.412. The number of ether oxygens (including phenoxy) is 2. The second-order valence-corrected chi connectivity index (χ2v) is 9.23. The number of Topliss-reactive ketones (excluding diaryl/α,β-unsaturated/α-hetero) is 1. The highest BCUT2D eigenvalue weighted by molar-refractivity contribution is 6.00. The summed E-state index contributed by atoms with van der Waals surface area (Å²) in [4.78, 5) is 13.2. The first-order valence-corrected chi connectivity index (χ1v) is 10.8. The fourth-order valence-electron chi connectivity index (χ4n) is 4.64. The molecule has 1 aliphatic heterocycles. The van der Waals surface area contributed by atoms with Crippen LogP contribution in [0.2, 0.25) is 0 Å². The largest absolute Gasteiger partial charge is 0.493 e. The van der Waals surface area contributed by atoms with E-state index >= 15 is 0 Å².